The van der Waals surface area contributed by atoms with Crippen LogP contribution in [-0.2, 0) is 19.1 Å². The molecule has 6 nitrogen and oxygen atoms in total. The molecule has 2 atom stereocenters. The van der Waals surface area contributed by atoms with Crippen molar-refractivity contribution in [2.24, 2.45) is 10.9 Å². The van der Waals surface area contributed by atoms with Gasteiger partial charge in [-0.25, -0.2) is 4.79 Å². The van der Waals surface area contributed by atoms with Gasteiger partial charge in [-0.3, -0.25) is 14.6 Å². The lowest BCUT2D eigenvalue weighted by Gasteiger charge is -2.34. The van der Waals surface area contributed by atoms with Crippen LogP contribution in [-0.4, -0.2) is 37.2 Å². The van der Waals surface area contributed by atoms with E-state index in [0.29, 0.717) is 23.3 Å². The lowest BCUT2D eigenvalue weighted by Crippen LogP contribution is -2.37. The molecule has 0 fully saturated rings. The number of carbonyl (C=O) groups excluding carboxylic acids is 3. The van der Waals surface area contributed by atoms with Gasteiger partial charge in [0.2, 0.25) is 0 Å². The van der Waals surface area contributed by atoms with Crippen molar-refractivity contribution >= 4 is 23.4 Å². The molecular formula is C21H23NO5. The molecule has 1 aliphatic carbocycles. The Morgan fingerprint density at radius 1 is 1.19 bits per heavy atom. The first-order valence-electron chi connectivity index (χ1n) is 9.14. The zero-order valence-corrected chi connectivity index (χ0v) is 15.8. The van der Waals surface area contributed by atoms with Crippen LogP contribution < -0.4 is 0 Å². The van der Waals surface area contributed by atoms with E-state index in [4.69, 9.17) is 9.47 Å². The number of hydrogen-bond donors (Lipinski definition) is 0. The first-order valence-corrected chi connectivity index (χ1v) is 9.14. The summed E-state index contributed by atoms with van der Waals surface area (Å²) in [6, 6.07) is 6.85. The molecule has 1 aromatic carbocycles. The minimum Gasteiger partial charge on any atom is -0.465 e. The summed E-state index contributed by atoms with van der Waals surface area (Å²) in [7, 11) is 1.33. The van der Waals surface area contributed by atoms with Crippen molar-refractivity contribution in [1.82, 2.24) is 0 Å². The molecule has 0 N–H and O–H groups in total. The van der Waals surface area contributed by atoms with Gasteiger partial charge in [0.15, 0.2) is 5.78 Å². The molecule has 1 aliphatic heterocycles. The van der Waals surface area contributed by atoms with Gasteiger partial charge < -0.3 is 9.47 Å². The zero-order chi connectivity index (χ0) is 19.6. The number of ether oxygens (including phenoxy) is 2. The largest absolute Gasteiger partial charge is 0.465 e. The Labute approximate surface area is 158 Å². The molecule has 0 bridgehead atoms. The smallest absolute Gasteiger partial charge is 0.337 e. The number of aliphatic imine (C=N–C) groups is 1. The van der Waals surface area contributed by atoms with Gasteiger partial charge in [0.25, 0.3) is 0 Å². The Morgan fingerprint density at radius 2 is 1.89 bits per heavy atom. The number of rotatable bonds is 4. The number of hydrogen-bond acceptors (Lipinski definition) is 6. The van der Waals surface area contributed by atoms with Crippen LogP contribution in [0.1, 0.15) is 54.9 Å². The molecule has 1 heterocycles. The summed E-state index contributed by atoms with van der Waals surface area (Å²) in [4.78, 5) is 41.7. The maximum absolute atomic E-state index is 12.7. The lowest BCUT2D eigenvalue weighted by atomic mass is 9.71. The van der Waals surface area contributed by atoms with Crippen molar-refractivity contribution < 1.29 is 23.9 Å². The number of Topliss-reactive ketones (excluding diaryl/α,β-unsaturated/α-hetero) is 1. The normalized spacial score (nSPS) is 22.0. The Bertz CT molecular complexity index is 835. The van der Waals surface area contributed by atoms with E-state index in [1.807, 2.05) is 0 Å². The van der Waals surface area contributed by atoms with Crippen LogP contribution in [0, 0.1) is 5.92 Å². The fourth-order valence-electron chi connectivity index (χ4n) is 3.85. The second kappa shape index (κ2) is 7.86. The molecule has 0 radical (unpaired) electrons. The van der Waals surface area contributed by atoms with Crippen LogP contribution in [0.4, 0.5) is 0 Å². The molecule has 1 unspecified atom stereocenters. The van der Waals surface area contributed by atoms with Crippen LogP contribution in [0.3, 0.4) is 0 Å². The monoisotopic (exact) mass is 369 g/mol. The summed E-state index contributed by atoms with van der Waals surface area (Å²) in [5.41, 5.74) is 3.24. The average Bonchev–Trinajstić information content (AvgIpc) is 2.66. The van der Waals surface area contributed by atoms with E-state index >= 15 is 0 Å². The number of nitrogens with zero attached hydrogens (tertiary/aromatic N) is 1. The van der Waals surface area contributed by atoms with Crippen molar-refractivity contribution in [3.63, 3.8) is 0 Å². The fraction of sp³-hybridized carbons (Fsp3) is 0.429. The maximum atomic E-state index is 12.7. The van der Waals surface area contributed by atoms with E-state index in [1.54, 1.807) is 38.1 Å². The second-order valence-corrected chi connectivity index (χ2v) is 6.71. The van der Waals surface area contributed by atoms with E-state index < -0.39 is 17.8 Å². The van der Waals surface area contributed by atoms with Crippen molar-refractivity contribution in [1.29, 1.82) is 0 Å². The number of allylic oxidation sites excluding steroid dienone is 2. The Kier molecular flexibility index (Phi) is 5.54. The molecule has 2 aliphatic rings. The van der Waals surface area contributed by atoms with E-state index in [-0.39, 0.29) is 18.4 Å². The SMILES string of the molecule is CCOC(=O)C1C(C)=NC2=C(C(=O)CCC2)[C@H]1c1ccc(C(=O)OC)cc1. The molecule has 3 rings (SSSR count). The molecule has 142 valence electrons. The number of carbonyl (C=O) groups is 3. The molecular weight excluding hydrogens is 346 g/mol. The van der Waals surface area contributed by atoms with E-state index in [9.17, 15) is 14.4 Å². The van der Waals surface area contributed by atoms with Gasteiger partial charge in [-0.1, -0.05) is 12.1 Å². The summed E-state index contributed by atoms with van der Waals surface area (Å²) in [5.74, 6) is -1.88. The standard InChI is InChI=1S/C21H23NO5/c1-4-27-21(25)17-12(2)22-15-6-5-7-16(23)19(15)18(17)13-8-10-14(11-9-13)20(24)26-3/h8-11,17-18H,4-7H2,1-3H3/t17?,18-/m0/s1. The van der Waals surface area contributed by atoms with Gasteiger partial charge in [-0.05, 0) is 44.4 Å². The van der Waals surface area contributed by atoms with Gasteiger partial charge >= 0.3 is 11.9 Å². The Morgan fingerprint density at radius 3 is 2.52 bits per heavy atom. The third-order valence-corrected chi connectivity index (χ3v) is 5.07. The van der Waals surface area contributed by atoms with Crippen LogP contribution in [0.15, 0.2) is 40.5 Å². The van der Waals surface area contributed by atoms with Gasteiger partial charge in [0, 0.05) is 29.3 Å². The number of esters is 2. The quantitative estimate of drug-likeness (QED) is 0.761. The van der Waals surface area contributed by atoms with Crippen LogP contribution in [0.25, 0.3) is 0 Å². The highest BCUT2D eigenvalue weighted by atomic mass is 16.5. The minimum atomic E-state index is -0.644. The molecule has 0 saturated heterocycles. The van der Waals surface area contributed by atoms with Crippen LogP contribution in [0.5, 0.6) is 0 Å². The summed E-state index contributed by atoms with van der Waals surface area (Å²) in [6.07, 6.45) is 1.96. The minimum absolute atomic E-state index is 0.0313. The summed E-state index contributed by atoms with van der Waals surface area (Å²) < 4.78 is 10.0. The first-order chi connectivity index (χ1) is 13.0. The summed E-state index contributed by atoms with van der Waals surface area (Å²) >= 11 is 0. The zero-order valence-electron chi connectivity index (χ0n) is 15.8. The van der Waals surface area contributed by atoms with E-state index in [2.05, 4.69) is 4.99 Å². The summed E-state index contributed by atoms with van der Waals surface area (Å²) in [6.45, 7) is 3.82. The third kappa shape index (κ3) is 3.56. The Hall–Kier alpha value is -2.76. The van der Waals surface area contributed by atoms with Crippen molar-refractivity contribution in [2.75, 3.05) is 13.7 Å². The third-order valence-electron chi connectivity index (χ3n) is 5.07. The second-order valence-electron chi connectivity index (χ2n) is 6.71. The maximum Gasteiger partial charge on any atom is 0.337 e. The molecule has 0 spiro atoms. The lowest BCUT2D eigenvalue weighted by molar-refractivity contribution is -0.146. The fourth-order valence-corrected chi connectivity index (χ4v) is 3.85. The number of methoxy groups -OCH3 is 1. The van der Waals surface area contributed by atoms with Gasteiger partial charge in [0.05, 0.1) is 19.3 Å². The van der Waals surface area contributed by atoms with Crippen molar-refractivity contribution in [3.05, 3.63) is 46.7 Å². The van der Waals surface area contributed by atoms with Gasteiger partial charge in [-0.2, -0.15) is 0 Å². The summed E-state index contributed by atoms with van der Waals surface area (Å²) in [5, 5.41) is 0. The van der Waals surface area contributed by atoms with Gasteiger partial charge in [0.1, 0.15) is 5.92 Å². The number of benzene rings is 1. The highest BCUT2D eigenvalue weighted by Gasteiger charge is 2.43. The van der Waals surface area contributed by atoms with E-state index in [0.717, 1.165) is 24.1 Å². The number of ketones is 1. The predicted molar refractivity (Wildman–Crippen MR) is 99.6 cm³/mol. The highest BCUT2D eigenvalue weighted by molar-refractivity contribution is 6.08. The van der Waals surface area contributed by atoms with Crippen molar-refractivity contribution in [3.8, 4) is 0 Å². The molecule has 0 saturated carbocycles. The molecule has 0 aromatic heterocycles. The van der Waals surface area contributed by atoms with E-state index in [1.165, 1.54) is 7.11 Å². The molecule has 6 heteroatoms. The van der Waals surface area contributed by atoms with Crippen LogP contribution >= 0.6 is 0 Å². The molecule has 1 aromatic rings. The van der Waals surface area contributed by atoms with Crippen LogP contribution in [0.2, 0.25) is 0 Å². The average molecular weight is 369 g/mol. The van der Waals surface area contributed by atoms with Gasteiger partial charge in [-0.15, -0.1) is 0 Å². The van der Waals surface area contributed by atoms with Crippen molar-refractivity contribution in [2.45, 2.75) is 39.0 Å². The predicted octanol–water partition coefficient (Wildman–Crippen LogP) is 3.22. The highest BCUT2D eigenvalue weighted by Crippen LogP contribution is 2.43. The first kappa shape index (κ1) is 19.0. The molecule has 27 heavy (non-hydrogen) atoms. The molecule has 0 amide bonds. The Balaban J connectivity index is 2.09. The topological polar surface area (TPSA) is 82.0 Å².